The zero-order valence-corrected chi connectivity index (χ0v) is 11.7. The molecule has 122 valence electrons. The molecule has 0 unspecified atom stereocenters. The summed E-state index contributed by atoms with van der Waals surface area (Å²) in [6.45, 7) is -0.190. The lowest BCUT2D eigenvalue weighted by atomic mass is 10.2. The Hall–Kier alpha value is -2.45. The molecule has 0 bridgehead atoms. The van der Waals surface area contributed by atoms with Crippen LogP contribution in [0.15, 0.2) is 24.3 Å². The lowest BCUT2D eigenvalue weighted by Gasteiger charge is -2.20. The van der Waals surface area contributed by atoms with E-state index >= 15 is 0 Å². The highest BCUT2D eigenvalue weighted by atomic mass is 19.4. The van der Waals surface area contributed by atoms with E-state index in [0.717, 1.165) is 11.0 Å². The van der Waals surface area contributed by atoms with Crippen molar-refractivity contribution in [2.24, 2.45) is 0 Å². The number of alkyl halides is 3. The molecule has 1 rings (SSSR count). The van der Waals surface area contributed by atoms with Gasteiger partial charge >= 0.3 is 18.4 Å². The number of carboxylic acids is 1. The zero-order chi connectivity index (χ0) is 16.8. The van der Waals surface area contributed by atoms with Crippen LogP contribution < -0.4 is 10.1 Å². The summed E-state index contributed by atoms with van der Waals surface area (Å²) in [5.74, 6) is -1.45. The molecular formula is C13H15F3N2O4. The minimum Gasteiger partial charge on any atom is -0.481 e. The zero-order valence-electron chi connectivity index (χ0n) is 11.7. The predicted molar refractivity (Wildman–Crippen MR) is 70.2 cm³/mol. The summed E-state index contributed by atoms with van der Waals surface area (Å²) in [4.78, 5) is 23.1. The van der Waals surface area contributed by atoms with Crippen molar-refractivity contribution in [3.63, 3.8) is 0 Å². The van der Waals surface area contributed by atoms with E-state index in [1.807, 2.05) is 0 Å². The van der Waals surface area contributed by atoms with E-state index in [-0.39, 0.29) is 30.8 Å². The number of rotatable bonds is 6. The number of para-hydroxylation sites is 1. The number of hydrogen-bond acceptors (Lipinski definition) is 3. The van der Waals surface area contributed by atoms with Gasteiger partial charge < -0.3 is 20.1 Å². The number of aliphatic carboxylic acids is 1. The van der Waals surface area contributed by atoms with E-state index in [9.17, 15) is 22.8 Å². The summed E-state index contributed by atoms with van der Waals surface area (Å²) < 4.78 is 40.8. The third-order valence-electron chi connectivity index (χ3n) is 2.57. The van der Waals surface area contributed by atoms with Gasteiger partial charge in [0.15, 0.2) is 0 Å². The lowest BCUT2D eigenvalue weighted by Crippen LogP contribution is -2.37. The molecule has 0 heterocycles. The quantitative estimate of drug-likeness (QED) is 0.842. The Balaban J connectivity index is 2.65. The van der Waals surface area contributed by atoms with Gasteiger partial charge in [-0.15, -0.1) is 13.2 Å². The summed E-state index contributed by atoms with van der Waals surface area (Å²) in [6, 6.07) is 4.87. The van der Waals surface area contributed by atoms with E-state index in [4.69, 9.17) is 5.11 Å². The molecule has 22 heavy (non-hydrogen) atoms. The van der Waals surface area contributed by atoms with Crippen LogP contribution in [0.2, 0.25) is 0 Å². The van der Waals surface area contributed by atoms with Crippen molar-refractivity contribution in [3.8, 4) is 5.75 Å². The molecule has 0 spiro atoms. The Morgan fingerprint density at radius 1 is 1.32 bits per heavy atom. The number of hydrogen-bond donors (Lipinski definition) is 2. The molecule has 1 aromatic rings. The monoisotopic (exact) mass is 320 g/mol. The SMILES string of the molecule is CN(Cc1ccccc1OC(F)(F)F)C(=O)NCCC(=O)O. The first-order valence-corrected chi connectivity index (χ1v) is 6.23. The van der Waals surface area contributed by atoms with Gasteiger partial charge in [-0.25, -0.2) is 4.79 Å². The first-order valence-electron chi connectivity index (χ1n) is 6.23. The summed E-state index contributed by atoms with van der Waals surface area (Å²) in [7, 11) is 1.38. The van der Waals surface area contributed by atoms with E-state index in [1.165, 1.54) is 25.2 Å². The Labute approximate surface area is 124 Å². The molecule has 0 atom stereocenters. The summed E-state index contributed by atoms with van der Waals surface area (Å²) >= 11 is 0. The molecule has 0 aliphatic heterocycles. The van der Waals surface area contributed by atoms with Gasteiger partial charge in [-0.2, -0.15) is 0 Å². The molecule has 1 aromatic carbocycles. The maximum absolute atomic E-state index is 12.3. The maximum Gasteiger partial charge on any atom is 0.573 e. The van der Waals surface area contributed by atoms with E-state index in [2.05, 4.69) is 10.1 Å². The number of urea groups is 1. The molecule has 0 radical (unpaired) electrons. The number of ether oxygens (including phenoxy) is 1. The largest absolute Gasteiger partial charge is 0.573 e. The minimum atomic E-state index is -4.82. The standard InChI is InChI=1S/C13H15F3N2O4/c1-18(12(21)17-7-6-11(19)20)8-9-4-2-3-5-10(9)22-13(14,15)16/h2-5H,6-8H2,1H3,(H,17,21)(H,19,20). The van der Waals surface area contributed by atoms with Crippen molar-refractivity contribution in [2.75, 3.05) is 13.6 Å². The fourth-order valence-corrected chi connectivity index (χ4v) is 1.60. The fourth-order valence-electron chi connectivity index (χ4n) is 1.60. The van der Waals surface area contributed by atoms with Gasteiger partial charge in [0.05, 0.1) is 13.0 Å². The molecule has 6 nitrogen and oxygen atoms in total. The molecular weight excluding hydrogens is 305 g/mol. The van der Waals surface area contributed by atoms with Crippen LogP contribution in [0.4, 0.5) is 18.0 Å². The van der Waals surface area contributed by atoms with Crippen LogP contribution in [0.5, 0.6) is 5.75 Å². The minimum absolute atomic E-state index is 0.0702. The second kappa shape index (κ2) is 7.53. The van der Waals surface area contributed by atoms with Crippen molar-refractivity contribution >= 4 is 12.0 Å². The fraction of sp³-hybridized carbons (Fsp3) is 0.385. The van der Waals surface area contributed by atoms with Crippen molar-refractivity contribution in [2.45, 2.75) is 19.3 Å². The van der Waals surface area contributed by atoms with E-state index < -0.39 is 18.4 Å². The van der Waals surface area contributed by atoms with E-state index in [1.54, 1.807) is 0 Å². The van der Waals surface area contributed by atoms with Gasteiger partial charge in [-0.05, 0) is 6.07 Å². The molecule has 2 N–H and O–H groups in total. The van der Waals surface area contributed by atoms with Crippen LogP contribution in [0.1, 0.15) is 12.0 Å². The highest BCUT2D eigenvalue weighted by Crippen LogP contribution is 2.26. The third kappa shape index (κ3) is 6.33. The second-order valence-corrected chi connectivity index (χ2v) is 4.39. The molecule has 0 aliphatic rings. The van der Waals surface area contributed by atoms with Gasteiger partial charge in [0.1, 0.15) is 5.75 Å². The number of benzene rings is 1. The van der Waals surface area contributed by atoms with Crippen molar-refractivity contribution < 1.29 is 32.6 Å². The van der Waals surface area contributed by atoms with Crippen LogP contribution in [0.3, 0.4) is 0 Å². The van der Waals surface area contributed by atoms with Crippen molar-refractivity contribution in [1.82, 2.24) is 10.2 Å². The van der Waals surface area contributed by atoms with Crippen LogP contribution in [-0.4, -0.2) is 42.0 Å². The smallest absolute Gasteiger partial charge is 0.481 e. The molecule has 0 fully saturated rings. The summed E-state index contributed by atoms with van der Waals surface area (Å²) in [5, 5.41) is 10.8. The van der Waals surface area contributed by atoms with Gasteiger partial charge in [-0.3, -0.25) is 4.79 Å². The van der Waals surface area contributed by atoms with Crippen LogP contribution in [-0.2, 0) is 11.3 Å². The molecule has 0 saturated heterocycles. The molecule has 0 aliphatic carbocycles. The highest BCUT2D eigenvalue weighted by Gasteiger charge is 2.32. The second-order valence-electron chi connectivity index (χ2n) is 4.39. The normalized spacial score (nSPS) is 10.9. The number of amides is 2. The van der Waals surface area contributed by atoms with Gasteiger partial charge in [-0.1, -0.05) is 18.2 Å². The van der Waals surface area contributed by atoms with Gasteiger partial charge in [0.2, 0.25) is 0 Å². The average molecular weight is 320 g/mol. The molecule has 9 heteroatoms. The molecule has 0 saturated carbocycles. The number of nitrogens with one attached hydrogen (secondary N) is 1. The predicted octanol–water partition coefficient (Wildman–Crippen LogP) is 2.20. The first kappa shape index (κ1) is 17.6. The topological polar surface area (TPSA) is 78.9 Å². The summed E-state index contributed by atoms with van der Waals surface area (Å²) in [6.07, 6.45) is -5.06. The Bertz CT molecular complexity index is 534. The number of carbonyl (C=O) groups excluding carboxylic acids is 1. The van der Waals surface area contributed by atoms with Gasteiger partial charge in [0, 0.05) is 19.2 Å². The summed E-state index contributed by atoms with van der Waals surface area (Å²) in [5.41, 5.74) is 0.177. The Morgan fingerprint density at radius 3 is 2.55 bits per heavy atom. The molecule has 2 amide bonds. The van der Waals surface area contributed by atoms with E-state index in [0.29, 0.717) is 0 Å². The number of carbonyl (C=O) groups is 2. The number of carboxylic acid groups (broad SMARTS) is 1. The highest BCUT2D eigenvalue weighted by molar-refractivity contribution is 5.75. The van der Waals surface area contributed by atoms with Gasteiger partial charge in [0.25, 0.3) is 0 Å². The number of nitrogens with zero attached hydrogens (tertiary/aromatic N) is 1. The van der Waals surface area contributed by atoms with Crippen molar-refractivity contribution in [3.05, 3.63) is 29.8 Å². The lowest BCUT2D eigenvalue weighted by molar-refractivity contribution is -0.275. The number of halogens is 3. The average Bonchev–Trinajstić information content (AvgIpc) is 2.38. The Kier molecular flexibility index (Phi) is 6.02. The van der Waals surface area contributed by atoms with Crippen LogP contribution in [0.25, 0.3) is 0 Å². The first-order chi connectivity index (χ1) is 10.2. The Morgan fingerprint density at radius 2 is 1.95 bits per heavy atom. The molecule has 0 aromatic heterocycles. The van der Waals surface area contributed by atoms with Crippen molar-refractivity contribution in [1.29, 1.82) is 0 Å². The third-order valence-corrected chi connectivity index (χ3v) is 2.57. The maximum atomic E-state index is 12.3. The van der Waals surface area contributed by atoms with Crippen LogP contribution >= 0.6 is 0 Å². The van der Waals surface area contributed by atoms with Crippen LogP contribution in [0, 0.1) is 0 Å².